The highest BCUT2D eigenvalue weighted by Gasteiger charge is 2.23. The number of hydrogen-bond acceptors (Lipinski definition) is 5. The van der Waals surface area contributed by atoms with E-state index >= 15 is 0 Å². The summed E-state index contributed by atoms with van der Waals surface area (Å²) in [6.07, 6.45) is 7.07. The highest BCUT2D eigenvalue weighted by atomic mass is 79.9. The van der Waals surface area contributed by atoms with E-state index in [9.17, 15) is 0 Å². The number of aryl methyl sites for hydroxylation is 1. The summed E-state index contributed by atoms with van der Waals surface area (Å²) >= 11 is 9.46. The SMILES string of the molecule is Cc1cncc(OC2CCN(c3ncc(Cl)cc3Br)CC2)n1. The van der Waals surface area contributed by atoms with Crippen LogP contribution in [-0.4, -0.2) is 34.1 Å². The van der Waals surface area contributed by atoms with Gasteiger partial charge in [-0.3, -0.25) is 4.98 Å². The van der Waals surface area contributed by atoms with Crippen LogP contribution in [0.25, 0.3) is 0 Å². The number of rotatable bonds is 3. The van der Waals surface area contributed by atoms with E-state index in [1.165, 1.54) is 0 Å². The molecule has 1 aliphatic rings. The number of pyridine rings is 1. The zero-order chi connectivity index (χ0) is 15.5. The number of nitrogens with zero attached hydrogens (tertiary/aromatic N) is 4. The van der Waals surface area contributed by atoms with Crippen LogP contribution in [0.15, 0.2) is 29.1 Å². The number of anilines is 1. The maximum Gasteiger partial charge on any atom is 0.232 e. The van der Waals surface area contributed by atoms with Gasteiger partial charge in [-0.25, -0.2) is 9.97 Å². The average Bonchev–Trinajstić information content (AvgIpc) is 2.48. The van der Waals surface area contributed by atoms with Crippen LogP contribution < -0.4 is 9.64 Å². The zero-order valence-electron chi connectivity index (χ0n) is 12.2. The number of hydrogen-bond donors (Lipinski definition) is 0. The van der Waals surface area contributed by atoms with E-state index in [4.69, 9.17) is 16.3 Å². The van der Waals surface area contributed by atoms with Crippen LogP contribution in [-0.2, 0) is 0 Å². The topological polar surface area (TPSA) is 51.1 Å². The average molecular weight is 384 g/mol. The van der Waals surface area contributed by atoms with Gasteiger partial charge < -0.3 is 9.64 Å². The molecule has 0 radical (unpaired) electrons. The standard InChI is InChI=1S/C15H16BrClN4O/c1-10-7-18-9-14(20-10)22-12-2-4-21(5-3-12)15-13(16)6-11(17)8-19-15/h6-9,12H,2-5H2,1H3. The van der Waals surface area contributed by atoms with E-state index in [1.807, 2.05) is 13.0 Å². The van der Waals surface area contributed by atoms with Gasteiger partial charge in [0.15, 0.2) is 0 Å². The number of ether oxygens (including phenoxy) is 1. The van der Waals surface area contributed by atoms with Crippen LogP contribution in [0.2, 0.25) is 5.02 Å². The fourth-order valence-corrected chi connectivity index (χ4v) is 3.38. The van der Waals surface area contributed by atoms with Crippen molar-refractivity contribution >= 4 is 33.3 Å². The molecule has 3 rings (SSSR count). The minimum absolute atomic E-state index is 0.165. The van der Waals surface area contributed by atoms with Crippen LogP contribution in [0.1, 0.15) is 18.5 Å². The Balaban J connectivity index is 1.60. The van der Waals surface area contributed by atoms with Gasteiger partial charge in [0.25, 0.3) is 0 Å². The molecule has 0 amide bonds. The lowest BCUT2D eigenvalue weighted by molar-refractivity contribution is 0.163. The van der Waals surface area contributed by atoms with Gasteiger partial charge in [0.1, 0.15) is 11.9 Å². The number of piperidine rings is 1. The van der Waals surface area contributed by atoms with Gasteiger partial charge >= 0.3 is 0 Å². The Kier molecular flexibility index (Phi) is 4.78. The van der Waals surface area contributed by atoms with Crippen molar-refractivity contribution in [1.82, 2.24) is 15.0 Å². The molecule has 1 aliphatic heterocycles. The van der Waals surface area contributed by atoms with Crippen LogP contribution in [0.5, 0.6) is 5.88 Å². The van der Waals surface area contributed by atoms with Gasteiger partial charge in [-0.15, -0.1) is 0 Å². The predicted octanol–water partition coefficient (Wildman–Crippen LogP) is 3.64. The summed E-state index contributed by atoms with van der Waals surface area (Å²) in [5.41, 5.74) is 0.865. The van der Waals surface area contributed by atoms with Crippen LogP contribution in [0.4, 0.5) is 5.82 Å². The van der Waals surface area contributed by atoms with Crippen LogP contribution in [0, 0.1) is 6.92 Å². The molecular weight excluding hydrogens is 368 g/mol. The molecule has 5 nitrogen and oxygen atoms in total. The first-order valence-electron chi connectivity index (χ1n) is 7.13. The van der Waals surface area contributed by atoms with Gasteiger partial charge in [-0.05, 0) is 28.9 Å². The minimum atomic E-state index is 0.165. The quantitative estimate of drug-likeness (QED) is 0.810. The summed E-state index contributed by atoms with van der Waals surface area (Å²) in [7, 11) is 0. The fourth-order valence-electron chi connectivity index (χ4n) is 2.49. The van der Waals surface area contributed by atoms with Crippen molar-refractivity contribution in [3.63, 3.8) is 0 Å². The molecule has 0 N–H and O–H groups in total. The Morgan fingerprint density at radius 3 is 2.73 bits per heavy atom. The Hall–Kier alpha value is -1.40. The van der Waals surface area contributed by atoms with Crippen LogP contribution >= 0.6 is 27.5 Å². The highest BCUT2D eigenvalue weighted by Crippen LogP contribution is 2.29. The summed E-state index contributed by atoms with van der Waals surface area (Å²) in [4.78, 5) is 15.1. The molecule has 1 fully saturated rings. The first kappa shape index (κ1) is 15.5. The lowest BCUT2D eigenvalue weighted by atomic mass is 10.1. The predicted molar refractivity (Wildman–Crippen MR) is 89.6 cm³/mol. The van der Waals surface area contributed by atoms with Crippen molar-refractivity contribution in [3.8, 4) is 5.88 Å². The Labute approximate surface area is 142 Å². The lowest BCUT2D eigenvalue weighted by Gasteiger charge is -2.33. The molecule has 0 spiro atoms. The molecule has 2 aromatic heterocycles. The molecule has 0 saturated carbocycles. The minimum Gasteiger partial charge on any atom is -0.473 e. The zero-order valence-corrected chi connectivity index (χ0v) is 14.5. The molecule has 0 atom stereocenters. The van der Waals surface area contributed by atoms with Crippen molar-refractivity contribution in [2.45, 2.75) is 25.9 Å². The largest absolute Gasteiger partial charge is 0.473 e. The number of halogens is 2. The molecule has 2 aromatic rings. The fraction of sp³-hybridized carbons (Fsp3) is 0.400. The Morgan fingerprint density at radius 1 is 1.27 bits per heavy atom. The molecule has 0 aromatic carbocycles. The Bertz CT molecular complexity index is 662. The summed E-state index contributed by atoms with van der Waals surface area (Å²) in [5, 5.41) is 0.631. The molecule has 1 saturated heterocycles. The van der Waals surface area contributed by atoms with E-state index in [0.29, 0.717) is 10.9 Å². The lowest BCUT2D eigenvalue weighted by Crippen LogP contribution is -2.39. The molecule has 22 heavy (non-hydrogen) atoms. The molecule has 116 valence electrons. The molecular formula is C15H16BrClN4O. The molecule has 0 aliphatic carbocycles. The van der Waals surface area contributed by atoms with Crippen molar-refractivity contribution in [2.24, 2.45) is 0 Å². The molecule has 0 bridgehead atoms. The highest BCUT2D eigenvalue weighted by molar-refractivity contribution is 9.10. The van der Waals surface area contributed by atoms with Crippen molar-refractivity contribution in [1.29, 1.82) is 0 Å². The van der Waals surface area contributed by atoms with E-state index < -0.39 is 0 Å². The van der Waals surface area contributed by atoms with Crippen molar-refractivity contribution in [3.05, 3.63) is 39.8 Å². The molecule has 3 heterocycles. The van der Waals surface area contributed by atoms with E-state index in [2.05, 4.69) is 35.8 Å². The molecule has 0 unspecified atom stereocenters. The second-order valence-corrected chi connectivity index (χ2v) is 6.55. The first-order valence-corrected chi connectivity index (χ1v) is 8.30. The number of aromatic nitrogens is 3. The summed E-state index contributed by atoms with van der Waals surface area (Å²) in [6, 6.07) is 1.87. The van der Waals surface area contributed by atoms with Gasteiger partial charge in [0, 0.05) is 38.3 Å². The maximum atomic E-state index is 5.94. The smallest absolute Gasteiger partial charge is 0.232 e. The van der Waals surface area contributed by atoms with Crippen LogP contribution in [0.3, 0.4) is 0 Å². The second-order valence-electron chi connectivity index (χ2n) is 5.26. The first-order chi connectivity index (χ1) is 10.6. The van der Waals surface area contributed by atoms with Crippen molar-refractivity contribution < 1.29 is 4.74 Å². The summed E-state index contributed by atoms with van der Waals surface area (Å²) in [6.45, 7) is 3.68. The summed E-state index contributed by atoms with van der Waals surface area (Å²) < 4.78 is 6.84. The third-order valence-corrected chi connectivity index (χ3v) is 4.34. The summed E-state index contributed by atoms with van der Waals surface area (Å²) in [5.74, 6) is 1.53. The van der Waals surface area contributed by atoms with E-state index in [0.717, 1.165) is 41.9 Å². The third-order valence-electron chi connectivity index (χ3n) is 3.55. The van der Waals surface area contributed by atoms with E-state index in [1.54, 1.807) is 18.6 Å². The second kappa shape index (κ2) is 6.79. The van der Waals surface area contributed by atoms with Gasteiger partial charge in [-0.2, -0.15) is 0 Å². The third kappa shape index (κ3) is 3.67. The van der Waals surface area contributed by atoms with Gasteiger partial charge in [0.2, 0.25) is 5.88 Å². The van der Waals surface area contributed by atoms with Gasteiger partial charge in [-0.1, -0.05) is 11.6 Å². The van der Waals surface area contributed by atoms with Gasteiger partial charge in [0.05, 0.1) is 21.4 Å². The van der Waals surface area contributed by atoms with Crippen molar-refractivity contribution in [2.75, 3.05) is 18.0 Å². The normalized spacial score (nSPS) is 15.9. The Morgan fingerprint density at radius 2 is 2.05 bits per heavy atom. The van der Waals surface area contributed by atoms with E-state index in [-0.39, 0.29) is 6.10 Å². The maximum absolute atomic E-state index is 5.94. The molecule has 7 heteroatoms. The monoisotopic (exact) mass is 382 g/mol.